The lowest BCUT2D eigenvalue weighted by Gasteiger charge is -2.04. The zero-order chi connectivity index (χ0) is 13.6. The van der Waals surface area contributed by atoms with Crippen LogP contribution >= 0.6 is 0 Å². The summed E-state index contributed by atoms with van der Waals surface area (Å²) in [5.74, 6) is -0.258. The van der Waals surface area contributed by atoms with Crippen LogP contribution in [0.15, 0.2) is 12.2 Å². The van der Waals surface area contributed by atoms with E-state index in [-0.39, 0.29) is 13.4 Å². The maximum atomic E-state index is 11.1. The number of ether oxygens (including phenoxy) is 1. The number of carbonyl (C=O) groups is 1. The molecule has 0 aliphatic rings. The van der Waals surface area contributed by atoms with Crippen molar-refractivity contribution in [3.05, 3.63) is 19.6 Å². The highest BCUT2D eigenvalue weighted by atomic mass is 16.5. The fourth-order valence-corrected chi connectivity index (χ4v) is 1.88. The normalized spacial score (nSPS) is 9.79. The lowest BCUT2D eigenvalue weighted by atomic mass is 10.1. The Balaban J connectivity index is 0. The number of unbranched alkanes of at least 4 members (excludes halogenated alkanes) is 9. The van der Waals surface area contributed by atoms with Gasteiger partial charge >= 0.3 is 5.97 Å². The molecular formula is C17H33O2. The molecule has 0 aromatic rings. The summed E-state index contributed by atoms with van der Waals surface area (Å²) in [6.45, 7) is 8.03. The second-order valence-electron chi connectivity index (χ2n) is 5.10. The monoisotopic (exact) mass is 269 g/mol. The van der Waals surface area contributed by atoms with Gasteiger partial charge in [0.05, 0.1) is 6.61 Å². The summed E-state index contributed by atoms with van der Waals surface area (Å²) in [5.41, 5.74) is 0.488. The SMILES string of the molecule is C=C(C)C(=O)OCCCCCCCCCCCC.[CH3]. The maximum Gasteiger partial charge on any atom is 0.333 e. The summed E-state index contributed by atoms with van der Waals surface area (Å²) in [5, 5.41) is 0. The van der Waals surface area contributed by atoms with Gasteiger partial charge in [0.15, 0.2) is 0 Å². The first-order chi connectivity index (χ1) is 8.68. The van der Waals surface area contributed by atoms with Gasteiger partial charge < -0.3 is 4.74 Å². The van der Waals surface area contributed by atoms with Crippen LogP contribution in [0.25, 0.3) is 0 Å². The number of esters is 1. The van der Waals surface area contributed by atoms with Gasteiger partial charge in [-0.1, -0.05) is 78.7 Å². The minimum absolute atomic E-state index is 0. The fraction of sp³-hybridized carbons (Fsp3) is 0.765. The molecule has 0 saturated heterocycles. The molecule has 0 amide bonds. The number of hydrogen-bond donors (Lipinski definition) is 0. The van der Waals surface area contributed by atoms with E-state index in [0.29, 0.717) is 12.2 Å². The van der Waals surface area contributed by atoms with Crippen molar-refractivity contribution in [1.82, 2.24) is 0 Å². The predicted molar refractivity (Wildman–Crippen MR) is 84.0 cm³/mol. The van der Waals surface area contributed by atoms with Crippen molar-refractivity contribution in [2.24, 2.45) is 0 Å². The average Bonchev–Trinajstić information content (AvgIpc) is 2.35. The van der Waals surface area contributed by atoms with Crippen molar-refractivity contribution in [2.45, 2.75) is 78.1 Å². The molecule has 1 radical (unpaired) electrons. The van der Waals surface area contributed by atoms with Crippen LogP contribution in [0.4, 0.5) is 0 Å². The van der Waals surface area contributed by atoms with E-state index in [9.17, 15) is 4.79 Å². The van der Waals surface area contributed by atoms with Gasteiger partial charge in [0.25, 0.3) is 0 Å². The van der Waals surface area contributed by atoms with E-state index in [2.05, 4.69) is 13.5 Å². The predicted octanol–water partition coefficient (Wildman–Crippen LogP) is 5.48. The number of hydrogen-bond acceptors (Lipinski definition) is 2. The molecule has 2 heteroatoms. The molecule has 0 saturated carbocycles. The van der Waals surface area contributed by atoms with Gasteiger partial charge in [-0.25, -0.2) is 4.79 Å². The molecule has 0 fully saturated rings. The smallest absolute Gasteiger partial charge is 0.333 e. The van der Waals surface area contributed by atoms with Crippen LogP contribution in [-0.4, -0.2) is 12.6 Å². The summed E-state index contributed by atoms with van der Waals surface area (Å²) < 4.78 is 5.04. The molecule has 0 aliphatic heterocycles. The molecule has 0 aromatic heterocycles. The second-order valence-corrected chi connectivity index (χ2v) is 5.10. The van der Waals surface area contributed by atoms with Gasteiger partial charge in [0.2, 0.25) is 0 Å². The van der Waals surface area contributed by atoms with Crippen molar-refractivity contribution in [1.29, 1.82) is 0 Å². The van der Waals surface area contributed by atoms with Gasteiger partial charge in [-0.2, -0.15) is 0 Å². The second kappa shape index (κ2) is 15.3. The van der Waals surface area contributed by atoms with Crippen LogP contribution in [0.1, 0.15) is 78.1 Å². The lowest BCUT2D eigenvalue weighted by Crippen LogP contribution is -2.05. The molecule has 0 aliphatic carbocycles. The maximum absolute atomic E-state index is 11.1. The minimum Gasteiger partial charge on any atom is -0.462 e. The zero-order valence-electron chi connectivity index (χ0n) is 13.3. The molecule has 0 atom stereocenters. The zero-order valence-corrected chi connectivity index (χ0v) is 13.3. The Bertz CT molecular complexity index is 221. The van der Waals surface area contributed by atoms with Crippen LogP contribution in [0.2, 0.25) is 0 Å². The van der Waals surface area contributed by atoms with Gasteiger partial charge in [-0.15, -0.1) is 0 Å². The van der Waals surface area contributed by atoms with E-state index in [1.165, 1.54) is 57.8 Å². The summed E-state index contributed by atoms with van der Waals surface area (Å²) in [4.78, 5) is 11.1. The van der Waals surface area contributed by atoms with Crippen molar-refractivity contribution in [2.75, 3.05) is 6.61 Å². The molecule has 0 heterocycles. The average molecular weight is 269 g/mol. The third-order valence-corrected chi connectivity index (χ3v) is 3.08. The lowest BCUT2D eigenvalue weighted by molar-refractivity contribution is -0.139. The molecule has 0 spiro atoms. The third kappa shape index (κ3) is 15.2. The molecule has 0 unspecified atom stereocenters. The van der Waals surface area contributed by atoms with Gasteiger partial charge in [-0.05, 0) is 13.3 Å². The Hall–Kier alpha value is -0.790. The fourth-order valence-electron chi connectivity index (χ4n) is 1.88. The molecule has 0 bridgehead atoms. The Morgan fingerprint density at radius 2 is 1.32 bits per heavy atom. The van der Waals surface area contributed by atoms with Gasteiger partial charge in [-0.3, -0.25) is 0 Å². The van der Waals surface area contributed by atoms with Crippen LogP contribution in [0.5, 0.6) is 0 Å². The topological polar surface area (TPSA) is 26.3 Å². The van der Waals surface area contributed by atoms with Gasteiger partial charge in [0, 0.05) is 5.57 Å². The highest BCUT2D eigenvalue weighted by Gasteiger charge is 2.01. The van der Waals surface area contributed by atoms with Crippen LogP contribution in [0.3, 0.4) is 0 Å². The van der Waals surface area contributed by atoms with E-state index >= 15 is 0 Å². The number of rotatable bonds is 12. The molecular weight excluding hydrogens is 236 g/mol. The molecule has 19 heavy (non-hydrogen) atoms. The standard InChI is InChI=1S/C16H30O2.CH3/c1-4-5-6-7-8-9-10-11-12-13-14-18-16(17)15(2)3;/h2,4-14H2,1,3H3;1H3. The van der Waals surface area contributed by atoms with E-state index in [1.807, 2.05) is 0 Å². The van der Waals surface area contributed by atoms with Crippen molar-refractivity contribution in [3.8, 4) is 0 Å². The summed E-state index contributed by atoms with van der Waals surface area (Å²) >= 11 is 0. The summed E-state index contributed by atoms with van der Waals surface area (Å²) in [6.07, 6.45) is 13.0. The van der Waals surface area contributed by atoms with Crippen molar-refractivity contribution >= 4 is 5.97 Å². The molecule has 113 valence electrons. The van der Waals surface area contributed by atoms with E-state index in [0.717, 1.165) is 6.42 Å². The van der Waals surface area contributed by atoms with E-state index in [1.54, 1.807) is 6.92 Å². The quantitative estimate of drug-likeness (QED) is 0.266. The Kier molecular flexibility index (Phi) is 16.5. The van der Waals surface area contributed by atoms with Crippen LogP contribution in [0, 0.1) is 7.43 Å². The van der Waals surface area contributed by atoms with E-state index < -0.39 is 0 Å². The third-order valence-electron chi connectivity index (χ3n) is 3.08. The van der Waals surface area contributed by atoms with Crippen molar-refractivity contribution < 1.29 is 9.53 Å². The van der Waals surface area contributed by atoms with E-state index in [4.69, 9.17) is 4.74 Å². The first-order valence-corrected chi connectivity index (χ1v) is 7.51. The minimum atomic E-state index is -0.258. The molecule has 0 aromatic carbocycles. The summed E-state index contributed by atoms with van der Waals surface area (Å²) in [7, 11) is 0. The summed E-state index contributed by atoms with van der Waals surface area (Å²) in [6, 6.07) is 0. The highest BCUT2D eigenvalue weighted by Crippen LogP contribution is 2.10. The molecule has 0 N–H and O–H groups in total. The van der Waals surface area contributed by atoms with Crippen LogP contribution in [-0.2, 0) is 9.53 Å². The van der Waals surface area contributed by atoms with Gasteiger partial charge in [0.1, 0.15) is 0 Å². The largest absolute Gasteiger partial charge is 0.462 e. The molecule has 0 rings (SSSR count). The number of carbonyl (C=O) groups excluding carboxylic acids is 1. The first-order valence-electron chi connectivity index (χ1n) is 7.51. The molecule has 2 nitrogen and oxygen atoms in total. The Morgan fingerprint density at radius 1 is 0.895 bits per heavy atom. The Labute approximate surface area is 120 Å². The van der Waals surface area contributed by atoms with Crippen LogP contribution < -0.4 is 0 Å². The van der Waals surface area contributed by atoms with Crippen molar-refractivity contribution in [3.63, 3.8) is 0 Å². The Morgan fingerprint density at radius 3 is 1.74 bits per heavy atom. The highest BCUT2D eigenvalue weighted by molar-refractivity contribution is 5.86. The first kappa shape index (κ1) is 20.5.